The number of anilines is 1. The van der Waals surface area contributed by atoms with Gasteiger partial charge < -0.3 is 10.6 Å². The first-order valence-electron chi connectivity index (χ1n) is 7.50. The molecule has 2 aromatic carbocycles. The van der Waals surface area contributed by atoms with Gasteiger partial charge in [-0.05, 0) is 32.0 Å². The molecule has 0 bridgehead atoms. The van der Waals surface area contributed by atoms with E-state index in [0.717, 1.165) is 18.2 Å². The van der Waals surface area contributed by atoms with Crippen molar-refractivity contribution in [1.29, 1.82) is 0 Å². The fourth-order valence-corrected chi connectivity index (χ4v) is 2.03. The molecule has 0 aliphatic rings. The van der Waals surface area contributed by atoms with Crippen LogP contribution in [0.5, 0.6) is 0 Å². The van der Waals surface area contributed by atoms with Crippen LogP contribution in [0.15, 0.2) is 42.5 Å². The maximum atomic E-state index is 13.6. The van der Waals surface area contributed by atoms with Crippen LogP contribution in [0, 0.1) is 22.9 Å². The Hall–Kier alpha value is -2.83. The first kappa shape index (κ1) is 18.5. The molecule has 0 aliphatic carbocycles. The summed E-state index contributed by atoms with van der Waals surface area (Å²) < 4.78 is 40.8. The molecule has 0 spiro atoms. The Labute approximate surface area is 143 Å². The zero-order chi connectivity index (χ0) is 18.6. The van der Waals surface area contributed by atoms with Crippen LogP contribution in [0.25, 0.3) is 0 Å². The van der Waals surface area contributed by atoms with E-state index in [1.165, 1.54) is 32.0 Å². The Morgan fingerprint density at radius 3 is 2.04 bits per heavy atom. The van der Waals surface area contributed by atoms with Gasteiger partial charge in [-0.2, -0.15) is 0 Å². The third kappa shape index (κ3) is 4.17. The van der Waals surface area contributed by atoms with E-state index >= 15 is 0 Å². The molecule has 2 aromatic rings. The van der Waals surface area contributed by atoms with Crippen molar-refractivity contribution >= 4 is 17.5 Å². The smallest absolute Gasteiger partial charge is 0.239 e. The molecule has 0 aliphatic heterocycles. The molecule has 2 N–H and O–H groups in total. The summed E-state index contributed by atoms with van der Waals surface area (Å²) in [5, 5.41) is 4.53. The molecule has 0 saturated carbocycles. The normalized spacial score (nSPS) is 11.1. The molecule has 132 valence electrons. The lowest BCUT2D eigenvalue weighted by Gasteiger charge is -2.23. The number of nitrogens with one attached hydrogen (secondary N) is 2. The van der Waals surface area contributed by atoms with Crippen molar-refractivity contribution in [3.05, 3.63) is 65.5 Å². The minimum Gasteiger partial charge on any atom is -0.351 e. The standard InChI is InChI=1S/C18H17F3N2O2/c1-18(2,16(24)22-10-11-6-3-4-7-12(11)19)17(25)23-15-13(20)8-5-9-14(15)21/h3-9H,10H2,1-2H3,(H,22,24)(H,23,25). The molecular weight excluding hydrogens is 333 g/mol. The van der Waals surface area contributed by atoms with Gasteiger partial charge in [0.25, 0.3) is 0 Å². The molecule has 4 nitrogen and oxygen atoms in total. The van der Waals surface area contributed by atoms with Gasteiger partial charge in [0.05, 0.1) is 0 Å². The SMILES string of the molecule is CC(C)(C(=O)NCc1ccccc1F)C(=O)Nc1c(F)cccc1F. The van der Waals surface area contributed by atoms with E-state index in [4.69, 9.17) is 0 Å². The Bertz CT molecular complexity index is 786. The monoisotopic (exact) mass is 350 g/mol. The molecule has 0 saturated heterocycles. The van der Waals surface area contributed by atoms with Crippen molar-refractivity contribution < 1.29 is 22.8 Å². The minimum absolute atomic E-state index is 0.115. The highest BCUT2D eigenvalue weighted by molar-refractivity contribution is 6.09. The second kappa shape index (κ2) is 7.38. The summed E-state index contributed by atoms with van der Waals surface area (Å²) in [7, 11) is 0. The van der Waals surface area contributed by atoms with Crippen molar-refractivity contribution in [3.63, 3.8) is 0 Å². The van der Waals surface area contributed by atoms with E-state index in [1.54, 1.807) is 6.07 Å². The van der Waals surface area contributed by atoms with Crippen molar-refractivity contribution in [3.8, 4) is 0 Å². The summed E-state index contributed by atoms with van der Waals surface area (Å²) >= 11 is 0. The summed E-state index contributed by atoms with van der Waals surface area (Å²) in [5.41, 5.74) is -1.99. The van der Waals surface area contributed by atoms with Gasteiger partial charge in [-0.3, -0.25) is 9.59 Å². The van der Waals surface area contributed by atoms with E-state index < -0.39 is 40.4 Å². The van der Waals surface area contributed by atoms with Gasteiger partial charge in [-0.15, -0.1) is 0 Å². The molecule has 7 heteroatoms. The molecule has 25 heavy (non-hydrogen) atoms. The summed E-state index contributed by atoms with van der Waals surface area (Å²) in [6.07, 6.45) is 0. The van der Waals surface area contributed by atoms with Crippen LogP contribution in [0.2, 0.25) is 0 Å². The summed E-state index contributed by atoms with van der Waals surface area (Å²) in [5.74, 6) is -3.97. The maximum Gasteiger partial charge on any atom is 0.239 e. The highest BCUT2D eigenvalue weighted by atomic mass is 19.1. The lowest BCUT2D eigenvalue weighted by Crippen LogP contribution is -2.45. The molecule has 2 amide bonds. The van der Waals surface area contributed by atoms with Crippen LogP contribution in [0.3, 0.4) is 0 Å². The van der Waals surface area contributed by atoms with E-state index in [1.807, 2.05) is 0 Å². The zero-order valence-corrected chi connectivity index (χ0v) is 13.7. The largest absolute Gasteiger partial charge is 0.351 e. The van der Waals surface area contributed by atoms with E-state index in [0.29, 0.717) is 0 Å². The summed E-state index contributed by atoms with van der Waals surface area (Å²) in [6, 6.07) is 9.02. The van der Waals surface area contributed by atoms with Crippen LogP contribution in [-0.4, -0.2) is 11.8 Å². The van der Waals surface area contributed by atoms with Crippen molar-refractivity contribution in [2.45, 2.75) is 20.4 Å². The fourth-order valence-electron chi connectivity index (χ4n) is 2.03. The zero-order valence-electron chi connectivity index (χ0n) is 13.7. The van der Waals surface area contributed by atoms with Gasteiger partial charge in [0, 0.05) is 12.1 Å². The number of hydrogen-bond donors (Lipinski definition) is 2. The van der Waals surface area contributed by atoms with Gasteiger partial charge in [0.1, 0.15) is 28.6 Å². The molecule has 0 atom stereocenters. The number of para-hydroxylation sites is 1. The number of carbonyl (C=O) groups excluding carboxylic acids is 2. The number of halogens is 3. The van der Waals surface area contributed by atoms with Gasteiger partial charge >= 0.3 is 0 Å². The molecular formula is C18H17F3N2O2. The first-order valence-corrected chi connectivity index (χ1v) is 7.50. The third-order valence-corrected chi connectivity index (χ3v) is 3.73. The summed E-state index contributed by atoms with van der Waals surface area (Å²) in [4.78, 5) is 24.5. The highest BCUT2D eigenvalue weighted by Gasteiger charge is 2.36. The third-order valence-electron chi connectivity index (χ3n) is 3.73. The van der Waals surface area contributed by atoms with Crippen LogP contribution in [0.4, 0.5) is 18.9 Å². The van der Waals surface area contributed by atoms with Crippen LogP contribution >= 0.6 is 0 Å². The molecule has 0 fully saturated rings. The maximum absolute atomic E-state index is 13.6. The number of rotatable bonds is 5. The van der Waals surface area contributed by atoms with Gasteiger partial charge in [0.15, 0.2) is 0 Å². The molecule has 2 rings (SSSR count). The van der Waals surface area contributed by atoms with E-state index in [2.05, 4.69) is 10.6 Å². The van der Waals surface area contributed by atoms with Gasteiger partial charge in [0.2, 0.25) is 11.8 Å². The van der Waals surface area contributed by atoms with Crippen molar-refractivity contribution in [2.24, 2.45) is 5.41 Å². The Morgan fingerprint density at radius 2 is 1.44 bits per heavy atom. The average Bonchev–Trinajstić information content (AvgIpc) is 2.57. The van der Waals surface area contributed by atoms with Crippen molar-refractivity contribution in [1.82, 2.24) is 5.32 Å². The predicted molar refractivity (Wildman–Crippen MR) is 87.0 cm³/mol. The van der Waals surface area contributed by atoms with Crippen molar-refractivity contribution in [2.75, 3.05) is 5.32 Å². The van der Waals surface area contributed by atoms with Crippen LogP contribution in [0.1, 0.15) is 19.4 Å². The van der Waals surface area contributed by atoms with Crippen LogP contribution in [-0.2, 0) is 16.1 Å². The Morgan fingerprint density at radius 1 is 0.880 bits per heavy atom. The van der Waals surface area contributed by atoms with Gasteiger partial charge in [-0.25, -0.2) is 13.2 Å². The van der Waals surface area contributed by atoms with Crippen LogP contribution < -0.4 is 10.6 Å². The lowest BCUT2D eigenvalue weighted by molar-refractivity contribution is -0.138. The molecule has 0 radical (unpaired) electrons. The second-order valence-corrected chi connectivity index (χ2v) is 5.95. The first-order chi connectivity index (χ1) is 11.7. The molecule has 0 aromatic heterocycles. The predicted octanol–water partition coefficient (Wildman–Crippen LogP) is 3.39. The lowest BCUT2D eigenvalue weighted by atomic mass is 9.90. The molecule has 0 heterocycles. The van der Waals surface area contributed by atoms with Gasteiger partial charge in [-0.1, -0.05) is 24.3 Å². The average molecular weight is 350 g/mol. The number of benzene rings is 2. The topological polar surface area (TPSA) is 58.2 Å². The fraction of sp³-hybridized carbons (Fsp3) is 0.222. The Balaban J connectivity index is 2.07. The van der Waals surface area contributed by atoms with E-state index in [9.17, 15) is 22.8 Å². The molecule has 0 unspecified atom stereocenters. The van der Waals surface area contributed by atoms with E-state index in [-0.39, 0.29) is 12.1 Å². The number of carbonyl (C=O) groups is 2. The second-order valence-electron chi connectivity index (χ2n) is 5.95. The summed E-state index contributed by atoms with van der Waals surface area (Å²) in [6.45, 7) is 2.49. The highest BCUT2D eigenvalue weighted by Crippen LogP contribution is 2.23. The minimum atomic E-state index is -1.63. The quantitative estimate of drug-likeness (QED) is 0.812. The number of amides is 2. The number of hydrogen-bond acceptors (Lipinski definition) is 2. The Kier molecular flexibility index (Phi) is 5.46.